The molecule has 0 unspecified atom stereocenters. The summed E-state index contributed by atoms with van der Waals surface area (Å²) in [7, 11) is -3.72. The monoisotopic (exact) mass is 371 g/mol. The molecule has 0 aliphatic rings. The molecule has 1 heterocycles. The van der Waals surface area contributed by atoms with Gasteiger partial charge < -0.3 is 9.88 Å². The van der Waals surface area contributed by atoms with Gasteiger partial charge in [0.25, 0.3) is 0 Å². The average Bonchev–Trinajstić information content (AvgIpc) is 2.90. The fourth-order valence-electron chi connectivity index (χ4n) is 3.02. The van der Waals surface area contributed by atoms with Gasteiger partial charge in [-0.2, -0.15) is 0 Å². The molecule has 1 atom stereocenters. The molecule has 1 aromatic heterocycles. The molecule has 3 rings (SSSR count). The van der Waals surface area contributed by atoms with Crippen LogP contribution in [0.25, 0.3) is 10.9 Å². The van der Waals surface area contributed by atoms with E-state index in [-0.39, 0.29) is 23.4 Å². The normalized spacial score (nSPS) is 12.9. The number of nitrogens with two attached hydrogens (primary N) is 1. The summed E-state index contributed by atoms with van der Waals surface area (Å²) >= 11 is 0. The number of hydrogen-bond donors (Lipinski definition) is 2. The van der Waals surface area contributed by atoms with E-state index in [9.17, 15) is 13.2 Å². The minimum atomic E-state index is -3.72. The summed E-state index contributed by atoms with van der Waals surface area (Å²) in [6.45, 7) is 4.05. The van der Waals surface area contributed by atoms with Crippen LogP contribution in [0.1, 0.15) is 24.2 Å². The molecule has 6 nitrogen and oxygen atoms in total. The number of carbonyl (C=O) groups is 1. The van der Waals surface area contributed by atoms with E-state index in [1.54, 1.807) is 12.1 Å². The highest BCUT2D eigenvalue weighted by Crippen LogP contribution is 2.20. The van der Waals surface area contributed by atoms with E-state index in [0.717, 1.165) is 22.2 Å². The maximum Gasteiger partial charge on any atom is 0.240 e. The van der Waals surface area contributed by atoms with Crippen molar-refractivity contribution in [3.63, 3.8) is 0 Å². The summed E-state index contributed by atoms with van der Waals surface area (Å²) in [6.07, 6.45) is 0. The molecule has 0 radical (unpaired) electrons. The van der Waals surface area contributed by atoms with E-state index < -0.39 is 10.0 Å². The van der Waals surface area contributed by atoms with E-state index >= 15 is 0 Å². The zero-order valence-corrected chi connectivity index (χ0v) is 15.5. The second kappa shape index (κ2) is 6.93. The lowest BCUT2D eigenvalue weighted by molar-refractivity contribution is -0.122. The average molecular weight is 371 g/mol. The van der Waals surface area contributed by atoms with Crippen molar-refractivity contribution in [2.45, 2.75) is 31.3 Å². The van der Waals surface area contributed by atoms with E-state index in [1.165, 1.54) is 12.1 Å². The van der Waals surface area contributed by atoms with Crippen molar-refractivity contribution < 1.29 is 13.2 Å². The van der Waals surface area contributed by atoms with E-state index in [4.69, 9.17) is 5.14 Å². The fraction of sp³-hybridized carbons (Fsp3) is 0.211. The Morgan fingerprint density at radius 2 is 1.81 bits per heavy atom. The minimum absolute atomic E-state index is 0.0502. The van der Waals surface area contributed by atoms with Gasteiger partial charge >= 0.3 is 0 Å². The van der Waals surface area contributed by atoms with Crippen LogP contribution in [0.4, 0.5) is 0 Å². The Morgan fingerprint density at radius 1 is 1.15 bits per heavy atom. The SMILES string of the molecule is Cc1cc2ccccc2n1CC(=O)N[C@@H](C)c1ccc(S(N)(=O)=O)cc1. The minimum Gasteiger partial charge on any atom is -0.348 e. The highest BCUT2D eigenvalue weighted by atomic mass is 32.2. The quantitative estimate of drug-likeness (QED) is 0.721. The first kappa shape index (κ1) is 18.2. The van der Waals surface area contributed by atoms with Crippen LogP contribution in [0.3, 0.4) is 0 Å². The van der Waals surface area contributed by atoms with Crippen LogP contribution in [0, 0.1) is 6.92 Å². The van der Waals surface area contributed by atoms with Gasteiger partial charge in [0.2, 0.25) is 15.9 Å². The Labute approximate surface area is 152 Å². The van der Waals surface area contributed by atoms with Crippen LogP contribution >= 0.6 is 0 Å². The lowest BCUT2D eigenvalue weighted by Gasteiger charge is -2.16. The number of fused-ring (bicyclic) bond motifs is 1. The third-order valence-electron chi connectivity index (χ3n) is 4.41. The molecule has 0 bridgehead atoms. The van der Waals surface area contributed by atoms with Gasteiger partial charge in [0, 0.05) is 11.2 Å². The molecule has 136 valence electrons. The first-order valence-corrected chi connectivity index (χ1v) is 9.77. The highest BCUT2D eigenvalue weighted by Gasteiger charge is 2.14. The van der Waals surface area contributed by atoms with Gasteiger partial charge in [0.1, 0.15) is 6.54 Å². The van der Waals surface area contributed by atoms with E-state index in [2.05, 4.69) is 11.4 Å². The molecule has 3 N–H and O–H groups in total. The Morgan fingerprint density at radius 3 is 2.46 bits per heavy atom. The van der Waals surface area contributed by atoms with Crippen LogP contribution in [0.15, 0.2) is 59.5 Å². The van der Waals surface area contributed by atoms with Crippen molar-refractivity contribution >= 4 is 26.8 Å². The summed E-state index contributed by atoms with van der Waals surface area (Å²) in [5.74, 6) is -0.113. The Bertz CT molecular complexity index is 1050. The topological polar surface area (TPSA) is 94.2 Å². The number of nitrogens with zero attached hydrogens (tertiary/aromatic N) is 1. The van der Waals surface area contributed by atoms with Crippen molar-refractivity contribution in [2.24, 2.45) is 5.14 Å². The second-order valence-electron chi connectivity index (χ2n) is 6.33. The van der Waals surface area contributed by atoms with Gasteiger partial charge in [-0.05, 0) is 49.1 Å². The van der Waals surface area contributed by atoms with Crippen LogP contribution in [-0.2, 0) is 21.4 Å². The van der Waals surface area contributed by atoms with Crippen molar-refractivity contribution in [3.05, 3.63) is 65.9 Å². The maximum absolute atomic E-state index is 12.5. The lowest BCUT2D eigenvalue weighted by Crippen LogP contribution is -2.30. The molecular formula is C19H21N3O3S. The first-order chi connectivity index (χ1) is 12.3. The van der Waals surface area contributed by atoms with Gasteiger partial charge in [-0.25, -0.2) is 13.6 Å². The third-order valence-corrected chi connectivity index (χ3v) is 5.33. The fourth-order valence-corrected chi connectivity index (χ4v) is 3.53. The molecule has 0 saturated heterocycles. The third kappa shape index (κ3) is 3.79. The van der Waals surface area contributed by atoms with Crippen LogP contribution in [-0.4, -0.2) is 18.9 Å². The number of primary sulfonamides is 1. The molecule has 7 heteroatoms. The lowest BCUT2D eigenvalue weighted by atomic mass is 10.1. The summed E-state index contributed by atoms with van der Waals surface area (Å²) in [5.41, 5.74) is 2.84. The van der Waals surface area contributed by atoms with Gasteiger partial charge in [-0.1, -0.05) is 30.3 Å². The van der Waals surface area contributed by atoms with E-state index in [0.29, 0.717) is 0 Å². The summed E-state index contributed by atoms with van der Waals surface area (Å²) in [4.78, 5) is 12.5. The smallest absolute Gasteiger partial charge is 0.240 e. The largest absolute Gasteiger partial charge is 0.348 e. The zero-order chi connectivity index (χ0) is 18.9. The number of hydrogen-bond acceptors (Lipinski definition) is 3. The number of para-hydroxylation sites is 1. The Balaban J connectivity index is 1.72. The number of amides is 1. The van der Waals surface area contributed by atoms with Crippen LogP contribution < -0.4 is 10.5 Å². The van der Waals surface area contributed by atoms with Crippen LogP contribution in [0.5, 0.6) is 0 Å². The highest BCUT2D eigenvalue weighted by molar-refractivity contribution is 7.89. The maximum atomic E-state index is 12.5. The molecule has 1 amide bonds. The predicted octanol–water partition coefficient (Wildman–Crippen LogP) is 2.47. The predicted molar refractivity (Wildman–Crippen MR) is 101 cm³/mol. The molecule has 0 aliphatic heterocycles. The second-order valence-corrected chi connectivity index (χ2v) is 7.90. The standard InChI is InChI=1S/C19H21N3O3S/c1-13-11-16-5-3-4-6-18(16)22(13)12-19(23)21-14(2)15-7-9-17(10-8-15)26(20,24)25/h3-11,14H,12H2,1-2H3,(H,21,23)(H2,20,24,25)/t14-/m0/s1. The number of sulfonamides is 1. The summed E-state index contributed by atoms with van der Waals surface area (Å²) in [5, 5.41) is 9.14. The number of benzene rings is 2. The molecule has 3 aromatic rings. The Hall–Kier alpha value is -2.64. The van der Waals surface area contributed by atoms with Crippen molar-refractivity contribution in [3.8, 4) is 0 Å². The molecule has 2 aromatic carbocycles. The van der Waals surface area contributed by atoms with Gasteiger partial charge in [0.15, 0.2) is 0 Å². The van der Waals surface area contributed by atoms with E-state index in [1.807, 2.05) is 42.7 Å². The number of aromatic nitrogens is 1. The van der Waals surface area contributed by atoms with Gasteiger partial charge in [-0.3, -0.25) is 4.79 Å². The number of carbonyl (C=O) groups excluding carboxylic acids is 1. The number of rotatable bonds is 5. The number of aryl methyl sites for hydroxylation is 1. The first-order valence-electron chi connectivity index (χ1n) is 8.23. The number of nitrogens with one attached hydrogen (secondary N) is 1. The summed E-state index contributed by atoms with van der Waals surface area (Å²) < 4.78 is 24.6. The summed E-state index contributed by atoms with van der Waals surface area (Å²) in [6, 6.07) is 15.9. The van der Waals surface area contributed by atoms with Crippen molar-refractivity contribution in [1.82, 2.24) is 9.88 Å². The Kier molecular flexibility index (Phi) is 4.84. The molecule has 0 aliphatic carbocycles. The van der Waals surface area contributed by atoms with Crippen LogP contribution in [0.2, 0.25) is 0 Å². The van der Waals surface area contributed by atoms with Gasteiger partial charge in [0.05, 0.1) is 10.9 Å². The molecule has 0 spiro atoms. The van der Waals surface area contributed by atoms with Crippen molar-refractivity contribution in [1.29, 1.82) is 0 Å². The molecular weight excluding hydrogens is 350 g/mol. The van der Waals surface area contributed by atoms with Crippen molar-refractivity contribution in [2.75, 3.05) is 0 Å². The zero-order valence-electron chi connectivity index (χ0n) is 14.6. The molecule has 0 fully saturated rings. The molecule has 0 saturated carbocycles. The molecule has 26 heavy (non-hydrogen) atoms. The van der Waals surface area contributed by atoms with Gasteiger partial charge in [-0.15, -0.1) is 0 Å².